The van der Waals surface area contributed by atoms with E-state index >= 15 is 0 Å². The van der Waals surface area contributed by atoms with Gasteiger partial charge in [0.05, 0.1) is 6.54 Å². The van der Waals surface area contributed by atoms with E-state index in [1.165, 1.54) is 5.56 Å². The zero-order valence-corrected chi connectivity index (χ0v) is 14.6. The van der Waals surface area contributed by atoms with E-state index in [0.29, 0.717) is 12.5 Å². The van der Waals surface area contributed by atoms with Gasteiger partial charge in [0, 0.05) is 10.0 Å². The molecule has 0 spiro atoms. The molecule has 2 rings (SSSR count). The van der Waals surface area contributed by atoms with Crippen molar-refractivity contribution in [2.75, 3.05) is 7.05 Å². The first-order valence-corrected chi connectivity index (χ1v) is 7.95. The van der Waals surface area contributed by atoms with Crippen LogP contribution in [0.15, 0.2) is 33.2 Å². The average Bonchev–Trinajstić information content (AvgIpc) is 2.78. The lowest BCUT2D eigenvalue weighted by Crippen LogP contribution is -2.03. The van der Waals surface area contributed by atoms with Crippen molar-refractivity contribution in [3.8, 4) is 5.75 Å². The molecule has 0 amide bonds. The van der Waals surface area contributed by atoms with Crippen LogP contribution in [0.2, 0.25) is 0 Å². The van der Waals surface area contributed by atoms with Crippen molar-refractivity contribution in [2.24, 2.45) is 0 Å². The van der Waals surface area contributed by atoms with E-state index < -0.39 is 0 Å². The Bertz CT molecular complexity index is 605. The van der Waals surface area contributed by atoms with Gasteiger partial charge in [0.1, 0.15) is 23.9 Å². The van der Waals surface area contributed by atoms with Crippen LogP contribution < -0.4 is 10.1 Å². The molecule has 1 N–H and O–H groups in total. The fourth-order valence-electron chi connectivity index (χ4n) is 2.25. The molecule has 0 unspecified atom stereocenters. The van der Waals surface area contributed by atoms with Crippen LogP contribution in [0, 0.1) is 6.92 Å². The summed E-state index contributed by atoms with van der Waals surface area (Å²) in [7, 11) is 1.91. The minimum Gasteiger partial charge on any atom is -0.488 e. The zero-order valence-electron chi connectivity index (χ0n) is 13.0. The molecule has 114 valence electrons. The van der Waals surface area contributed by atoms with E-state index in [2.05, 4.69) is 47.2 Å². The maximum atomic E-state index is 6.01. The molecule has 0 aliphatic heterocycles. The Morgan fingerprint density at radius 2 is 2.05 bits per heavy atom. The van der Waals surface area contributed by atoms with Crippen molar-refractivity contribution >= 4 is 15.9 Å². The van der Waals surface area contributed by atoms with Gasteiger partial charge in [0.15, 0.2) is 0 Å². The summed E-state index contributed by atoms with van der Waals surface area (Å²) in [4.78, 5) is 0. The largest absolute Gasteiger partial charge is 0.488 e. The van der Waals surface area contributed by atoms with Gasteiger partial charge < -0.3 is 14.5 Å². The number of furan rings is 1. The van der Waals surface area contributed by atoms with Crippen LogP contribution in [0.4, 0.5) is 0 Å². The summed E-state index contributed by atoms with van der Waals surface area (Å²) in [6.07, 6.45) is 0. The van der Waals surface area contributed by atoms with Crippen molar-refractivity contribution in [1.82, 2.24) is 5.32 Å². The Balaban J connectivity index is 2.13. The molecule has 21 heavy (non-hydrogen) atoms. The van der Waals surface area contributed by atoms with E-state index in [1.54, 1.807) is 0 Å². The molecule has 0 atom stereocenters. The second kappa shape index (κ2) is 7.14. The van der Waals surface area contributed by atoms with Crippen molar-refractivity contribution in [1.29, 1.82) is 0 Å². The van der Waals surface area contributed by atoms with E-state index in [4.69, 9.17) is 9.15 Å². The standard InChI is InChI=1S/C17H22BrNO2/c1-11(2)16-8-14(18)5-6-17(16)20-10-13-7-15(9-19-4)21-12(13)3/h5-8,11,19H,9-10H2,1-4H3. The fraction of sp³-hybridized carbons (Fsp3) is 0.412. The number of benzene rings is 1. The molecule has 0 saturated carbocycles. The van der Waals surface area contributed by atoms with Crippen molar-refractivity contribution in [2.45, 2.75) is 39.8 Å². The van der Waals surface area contributed by atoms with Gasteiger partial charge in [-0.15, -0.1) is 0 Å². The highest BCUT2D eigenvalue weighted by Gasteiger charge is 2.11. The maximum Gasteiger partial charge on any atom is 0.123 e. The van der Waals surface area contributed by atoms with Crippen molar-refractivity contribution in [3.63, 3.8) is 0 Å². The van der Waals surface area contributed by atoms with Gasteiger partial charge in [-0.1, -0.05) is 29.8 Å². The Morgan fingerprint density at radius 1 is 1.29 bits per heavy atom. The Hall–Kier alpha value is -1.26. The molecule has 0 bridgehead atoms. The van der Waals surface area contributed by atoms with Crippen molar-refractivity contribution in [3.05, 3.63) is 51.4 Å². The lowest BCUT2D eigenvalue weighted by Gasteiger charge is -2.14. The van der Waals surface area contributed by atoms with Gasteiger partial charge in [0.25, 0.3) is 0 Å². The molecule has 1 heterocycles. The smallest absolute Gasteiger partial charge is 0.123 e. The zero-order chi connectivity index (χ0) is 15.4. The first kappa shape index (κ1) is 16.1. The van der Waals surface area contributed by atoms with Crippen LogP contribution in [0.25, 0.3) is 0 Å². The third-order valence-electron chi connectivity index (χ3n) is 3.40. The molecule has 0 saturated heterocycles. The van der Waals surface area contributed by atoms with E-state index in [9.17, 15) is 0 Å². The molecule has 3 nitrogen and oxygen atoms in total. The Morgan fingerprint density at radius 3 is 2.71 bits per heavy atom. The number of nitrogens with one attached hydrogen (secondary N) is 1. The quantitative estimate of drug-likeness (QED) is 0.813. The third kappa shape index (κ3) is 4.11. The van der Waals surface area contributed by atoms with Crippen LogP contribution >= 0.6 is 15.9 Å². The third-order valence-corrected chi connectivity index (χ3v) is 3.89. The molecular weight excluding hydrogens is 330 g/mol. The fourth-order valence-corrected chi connectivity index (χ4v) is 2.63. The van der Waals surface area contributed by atoms with Gasteiger partial charge in [-0.25, -0.2) is 0 Å². The second-order valence-corrected chi connectivity index (χ2v) is 6.37. The summed E-state index contributed by atoms with van der Waals surface area (Å²) >= 11 is 3.52. The van der Waals surface area contributed by atoms with E-state index in [1.807, 2.05) is 26.1 Å². The summed E-state index contributed by atoms with van der Waals surface area (Å²) in [5.41, 5.74) is 2.30. The molecule has 0 aliphatic carbocycles. The first-order valence-electron chi connectivity index (χ1n) is 7.16. The molecule has 1 aromatic carbocycles. The van der Waals surface area contributed by atoms with Gasteiger partial charge in [-0.3, -0.25) is 0 Å². The highest BCUT2D eigenvalue weighted by Crippen LogP contribution is 2.30. The normalized spacial score (nSPS) is 11.1. The number of ether oxygens (including phenoxy) is 1. The number of aryl methyl sites for hydroxylation is 1. The topological polar surface area (TPSA) is 34.4 Å². The van der Waals surface area contributed by atoms with E-state index in [0.717, 1.165) is 33.9 Å². The molecule has 2 aromatic rings. The number of rotatable bonds is 6. The average molecular weight is 352 g/mol. The molecule has 0 fully saturated rings. The highest BCUT2D eigenvalue weighted by atomic mass is 79.9. The minimum atomic E-state index is 0.419. The summed E-state index contributed by atoms with van der Waals surface area (Å²) in [6.45, 7) is 7.57. The van der Waals surface area contributed by atoms with Crippen LogP contribution in [0.1, 0.15) is 42.4 Å². The lowest BCUT2D eigenvalue weighted by molar-refractivity contribution is 0.298. The van der Waals surface area contributed by atoms with Gasteiger partial charge >= 0.3 is 0 Å². The summed E-state index contributed by atoms with van der Waals surface area (Å²) in [5.74, 6) is 3.21. The molecule has 0 aliphatic rings. The molecule has 1 aromatic heterocycles. The summed E-state index contributed by atoms with van der Waals surface area (Å²) < 4.78 is 12.8. The predicted molar refractivity (Wildman–Crippen MR) is 88.8 cm³/mol. The number of hydrogen-bond acceptors (Lipinski definition) is 3. The Kier molecular flexibility index (Phi) is 5.48. The monoisotopic (exact) mass is 351 g/mol. The molecule has 0 radical (unpaired) electrons. The van der Waals surface area contributed by atoms with E-state index in [-0.39, 0.29) is 0 Å². The van der Waals surface area contributed by atoms with Crippen molar-refractivity contribution < 1.29 is 9.15 Å². The first-order chi connectivity index (χ1) is 10.0. The van der Waals surface area contributed by atoms with Crippen LogP contribution in [0.3, 0.4) is 0 Å². The lowest BCUT2D eigenvalue weighted by atomic mass is 10.0. The van der Waals surface area contributed by atoms with Crippen LogP contribution in [-0.4, -0.2) is 7.05 Å². The van der Waals surface area contributed by atoms with Crippen LogP contribution in [0.5, 0.6) is 5.75 Å². The number of halogens is 1. The minimum absolute atomic E-state index is 0.419. The van der Waals surface area contributed by atoms with Gasteiger partial charge in [-0.2, -0.15) is 0 Å². The maximum absolute atomic E-state index is 6.01. The van der Waals surface area contributed by atoms with Gasteiger partial charge in [0.2, 0.25) is 0 Å². The second-order valence-electron chi connectivity index (χ2n) is 5.45. The Labute approximate surface area is 134 Å². The summed E-state index contributed by atoms with van der Waals surface area (Å²) in [5, 5.41) is 3.09. The summed E-state index contributed by atoms with van der Waals surface area (Å²) in [6, 6.07) is 8.20. The van der Waals surface area contributed by atoms with Gasteiger partial charge in [-0.05, 0) is 49.7 Å². The highest BCUT2D eigenvalue weighted by molar-refractivity contribution is 9.10. The molecular formula is C17H22BrNO2. The number of hydrogen-bond donors (Lipinski definition) is 1. The molecule has 4 heteroatoms. The van der Waals surface area contributed by atoms with Crippen LogP contribution in [-0.2, 0) is 13.2 Å². The predicted octanol–water partition coefficient (Wildman–Crippen LogP) is 4.77. The SMILES string of the molecule is CNCc1cc(COc2ccc(Br)cc2C(C)C)c(C)o1.